The molecule has 5 nitrogen and oxygen atoms in total. The third kappa shape index (κ3) is 4.72. The molecule has 1 aliphatic rings. The fourth-order valence-corrected chi connectivity index (χ4v) is 3.58. The van der Waals surface area contributed by atoms with Gasteiger partial charge in [0.1, 0.15) is 23.7 Å². The van der Waals surface area contributed by atoms with Gasteiger partial charge in [-0.2, -0.15) is 0 Å². The fraction of sp³-hybridized carbons (Fsp3) is 0.421. The van der Waals surface area contributed by atoms with E-state index in [1.54, 1.807) is 13.3 Å². The number of nitrogens with zero attached hydrogens (tertiary/aromatic N) is 3. The molecule has 1 heterocycles. The Balaban J connectivity index is 1.82. The molecule has 0 spiro atoms. The number of carbonyl (C=O) groups is 1. The predicted molar refractivity (Wildman–Crippen MR) is 101 cm³/mol. The summed E-state index contributed by atoms with van der Waals surface area (Å²) in [6, 6.07) is 10.0. The molecule has 0 N–H and O–H groups in total. The fourth-order valence-electron chi connectivity index (χ4n) is 2.44. The van der Waals surface area contributed by atoms with Crippen molar-refractivity contribution in [2.24, 2.45) is 0 Å². The van der Waals surface area contributed by atoms with Crippen LogP contribution in [-0.4, -0.2) is 28.6 Å². The van der Waals surface area contributed by atoms with Gasteiger partial charge in [0.2, 0.25) is 0 Å². The molecule has 132 valence electrons. The van der Waals surface area contributed by atoms with E-state index in [0.29, 0.717) is 17.5 Å². The van der Waals surface area contributed by atoms with Crippen molar-refractivity contribution in [1.82, 2.24) is 9.97 Å². The van der Waals surface area contributed by atoms with Gasteiger partial charge in [-0.1, -0.05) is 19.1 Å². The summed E-state index contributed by atoms with van der Waals surface area (Å²) in [5.74, 6) is 2.07. The van der Waals surface area contributed by atoms with Gasteiger partial charge in [-0.05, 0) is 55.0 Å². The second-order valence-electron chi connectivity index (χ2n) is 6.11. The van der Waals surface area contributed by atoms with Crippen LogP contribution in [0.4, 0.5) is 5.82 Å². The van der Waals surface area contributed by atoms with Crippen LogP contribution in [-0.2, 0) is 11.3 Å². The molecule has 0 radical (unpaired) electrons. The van der Waals surface area contributed by atoms with Crippen molar-refractivity contribution in [3.05, 3.63) is 47.9 Å². The summed E-state index contributed by atoms with van der Waals surface area (Å²) in [5, 5.41) is 0.657. The molecule has 1 aromatic heterocycles. The first kappa shape index (κ1) is 17.7. The number of carbonyl (C=O) groups excluding carboxylic acids is 1. The molecule has 0 saturated heterocycles. The Hall–Kier alpha value is -2.08. The van der Waals surface area contributed by atoms with E-state index in [2.05, 4.69) is 26.4 Å². The first-order valence-corrected chi connectivity index (χ1v) is 9.42. The second kappa shape index (κ2) is 8.34. The molecular weight excluding hydrogens is 334 g/mol. The SMILES string of the molecule is CCC(C=O)c1nccc(N(Cc2ccc(OC)cc2)SC2CC2)n1. The summed E-state index contributed by atoms with van der Waals surface area (Å²) >= 11 is 1.83. The average Bonchev–Trinajstić information content (AvgIpc) is 3.47. The van der Waals surface area contributed by atoms with Crippen LogP contribution in [0, 0.1) is 0 Å². The molecule has 1 saturated carbocycles. The Bertz CT molecular complexity index is 704. The lowest BCUT2D eigenvalue weighted by molar-refractivity contribution is -0.109. The number of methoxy groups -OCH3 is 1. The van der Waals surface area contributed by atoms with E-state index in [1.807, 2.05) is 37.1 Å². The normalized spacial score (nSPS) is 14.8. The van der Waals surface area contributed by atoms with Gasteiger partial charge < -0.3 is 9.53 Å². The highest BCUT2D eigenvalue weighted by molar-refractivity contribution is 8.01. The van der Waals surface area contributed by atoms with Gasteiger partial charge in [-0.25, -0.2) is 9.97 Å². The topological polar surface area (TPSA) is 55.3 Å². The summed E-state index contributed by atoms with van der Waals surface area (Å²) in [7, 11) is 1.67. The first-order valence-electron chi connectivity index (χ1n) is 8.59. The third-order valence-corrected chi connectivity index (χ3v) is 5.48. The van der Waals surface area contributed by atoms with Crippen molar-refractivity contribution in [3.63, 3.8) is 0 Å². The van der Waals surface area contributed by atoms with Crippen LogP contribution in [0.2, 0.25) is 0 Å². The van der Waals surface area contributed by atoms with Crippen molar-refractivity contribution in [2.45, 2.75) is 43.9 Å². The summed E-state index contributed by atoms with van der Waals surface area (Å²) in [5.41, 5.74) is 1.19. The molecule has 1 aromatic carbocycles. The molecule has 25 heavy (non-hydrogen) atoms. The number of aldehydes is 1. The lowest BCUT2D eigenvalue weighted by atomic mass is 10.1. The highest BCUT2D eigenvalue weighted by Gasteiger charge is 2.27. The predicted octanol–water partition coefficient (Wildman–Crippen LogP) is 3.99. The molecule has 1 aliphatic carbocycles. The van der Waals surface area contributed by atoms with Gasteiger partial charge in [-0.3, -0.25) is 4.31 Å². The molecule has 1 fully saturated rings. The quantitative estimate of drug-likeness (QED) is 0.499. The van der Waals surface area contributed by atoms with E-state index < -0.39 is 0 Å². The minimum atomic E-state index is -0.242. The van der Waals surface area contributed by atoms with E-state index in [9.17, 15) is 4.79 Å². The number of benzene rings is 1. The van der Waals surface area contributed by atoms with Crippen molar-refractivity contribution < 1.29 is 9.53 Å². The molecule has 0 aliphatic heterocycles. The maximum Gasteiger partial charge on any atom is 0.142 e. The largest absolute Gasteiger partial charge is 0.497 e. The Labute approximate surface area is 152 Å². The zero-order valence-electron chi connectivity index (χ0n) is 14.6. The van der Waals surface area contributed by atoms with Crippen LogP contribution in [0.25, 0.3) is 0 Å². The smallest absolute Gasteiger partial charge is 0.142 e. The van der Waals surface area contributed by atoms with Crippen molar-refractivity contribution in [1.29, 1.82) is 0 Å². The van der Waals surface area contributed by atoms with Gasteiger partial charge in [0.15, 0.2) is 0 Å². The minimum absolute atomic E-state index is 0.242. The van der Waals surface area contributed by atoms with Crippen LogP contribution in [0.15, 0.2) is 36.5 Å². The second-order valence-corrected chi connectivity index (χ2v) is 7.43. The maximum absolute atomic E-state index is 11.2. The lowest BCUT2D eigenvalue weighted by Crippen LogP contribution is -2.18. The van der Waals surface area contributed by atoms with Crippen molar-refractivity contribution in [2.75, 3.05) is 11.4 Å². The van der Waals surface area contributed by atoms with Crippen LogP contribution in [0.3, 0.4) is 0 Å². The van der Waals surface area contributed by atoms with Crippen LogP contribution < -0.4 is 9.04 Å². The van der Waals surface area contributed by atoms with E-state index >= 15 is 0 Å². The van der Waals surface area contributed by atoms with Gasteiger partial charge in [0, 0.05) is 11.4 Å². The van der Waals surface area contributed by atoms with Crippen LogP contribution in [0.1, 0.15) is 43.5 Å². The summed E-state index contributed by atoms with van der Waals surface area (Å²) in [6.07, 6.45) is 5.88. The highest BCUT2D eigenvalue weighted by atomic mass is 32.2. The van der Waals surface area contributed by atoms with Crippen LogP contribution in [0.5, 0.6) is 5.75 Å². The standard InChI is InChI=1S/C19H23N3O2S/c1-3-15(13-23)19-20-11-10-18(21-19)22(25-17-8-9-17)12-14-4-6-16(24-2)7-5-14/h4-7,10-11,13,15,17H,3,8-9,12H2,1-2H3. The molecular formula is C19H23N3O2S. The van der Waals surface area contributed by atoms with E-state index in [1.165, 1.54) is 18.4 Å². The monoisotopic (exact) mass is 357 g/mol. The molecule has 1 atom stereocenters. The van der Waals surface area contributed by atoms with Crippen molar-refractivity contribution in [3.8, 4) is 5.75 Å². The van der Waals surface area contributed by atoms with E-state index in [-0.39, 0.29) is 5.92 Å². The first-order chi connectivity index (χ1) is 12.2. The lowest BCUT2D eigenvalue weighted by Gasteiger charge is -2.23. The Morgan fingerprint density at radius 2 is 2.08 bits per heavy atom. The Morgan fingerprint density at radius 3 is 2.68 bits per heavy atom. The van der Waals surface area contributed by atoms with Gasteiger partial charge in [0.05, 0.1) is 19.6 Å². The molecule has 0 bridgehead atoms. The third-order valence-electron chi connectivity index (χ3n) is 4.14. The zero-order valence-corrected chi connectivity index (χ0v) is 15.4. The number of aromatic nitrogens is 2. The number of rotatable bonds is 9. The number of hydrogen-bond donors (Lipinski definition) is 0. The number of hydrogen-bond acceptors (Lipinski definition) is 6. The Kier molecular flexibility index (Phi) is 5.91. The Morgan fingerprint density at radius 1 is 1.32 bits per heavy atom. The van der Waals surface area contributed by atoms with Crippen LogP contribution >= 0.6 is 11.9 Å². The highest BCUT2D eigenvalue weighted by Crippen LogP contribution is 2.39. The van der Waals surface area contributed by atoms with Crippen molar-refractivity contribution >= 4 is 24.1 Å². The zero-order chi connectivity index (χ0) is 17.6. The summed E-state index contributed by atoms with van der Waals surface area (Å²) < 4.78 is 7.44. The summed E-state index contributed by atoms with van der Waals surface area (Å²) in [6.45, 7) is 2.72. The maximum atomic E-state index is 11.2. The van der Waals surface area contributed by atoms with E-state index in [0.717, 1.165) is 24.4 Å². The van der Waals surface area contributed by atoms with Gasteiger partial charge in [0.25, 0.3) is 0 Å². The minimum Gasteiger partial charge on any atom is -0.497 e. The van der Waals surface area contributed by atoms with Gasteiger partial charge >= 0.3 is 0 Å². The molecule has 1 unspecified atom stereocenters. The number of ether oxygens (including phenoxy) is 1. The molecule has 3 rings (SSSR count). The molecule has 6 heteroatoms. The van der Waals surface area contributed by atoms with Gasteiger partial charge in [-0.15, -0.1) is 0 Å². The number of anilines is 1. The summed E-state index contributed by atoms with van der Waals surface area (Å²) in [4.78, 5) is 20.2. The van der Waals surface area contributed by atoms with E-state index in [4.69, 9.17) is 4.74 Å². The molecule has 2 aromatic rings. The average molecular weight is 357 g/mol. The molecule has 0 amide bonds.